The number of anilines is 1. The van der Waals surface area contributed by atoms with Gasteiger partial charge in [-0.15, -0.1) is 0 Å². The summed E-state index contributed by atoms with van der Waals surface area (Å²) in [7, 11) is 3.00. The summed E-state index contributed by atoms with van der Waals surface area (Å²) in [5.74, 6) is -0.866. The second-order valence-electron chi connectivity index (χ2n) is 5.06. The zero-order chi connectivity index (χ0) is 17.7. The molecule has 1 atom stereocenters. The summed E-state index contributed by atoms with van der Waals surface area (Å²) in [6, 6.07) is 7.42. The molecule has 7 heteroatoms. The van der Waals surface area contributed by atoms with E-state index in [1.54, 1.807) is 25.1 Å². The molecule has 2 amide bonds. The quantitative estimate of drug-likeness (QED) is 0.871. The highest BCUT2D eigenvalue weighted by Gasteiger charge is 2.14. The first-order chi connectivity index (χ1) is 11.4. The molecule has 0 bridgehead atoms. The van der Waals surface area contributed by atoms with E-state index in [1.807, 2.05) is 0 Å². The molecule has 5 nitrogen and oxygen atoms in total. The lowest BCUT2D eigenvalue weighted by Gasteiger charge is -2.16. The van der Waals surface area contributed by atoms with Gasteiger partial charge >= 0.3 is 6.03 Å². The second kappa shape index (κ2) is 7.63. The van der Waals surface area contributed by atoms with Crippen LogP contribution in [0, 0.1) is 11.6 Å². The lowest BCUT2D eigenvalue weighted by atomic mass is 10.1. The standard InChI is InChI=1S/C17H18F2N2O3/c1-10(11-4-6-13(18)14(19)8-11)20-17(22)21-15-7-5-12(23-2)9-16(15)24-3/h4-10H,1-3H3,(H2,20,21,22)/t10-/m0/s1. The van der Waals surface area contributed by atoms with Gasteiger partial charge in [-0.2, -0.15) is 0 Å². The number of ether oxygens (including phenoxy) is 2. The number of hydrogen-bond donors (Lipinski definition) is 2. The van der Waals surface area contributed by atoms with E-state index in [-0.39, 0.29) is 0 Å². The molecule has 0 heterocycles. The molecule has 0 aromatic heterocycles. The van der Waals surface area contributed by atoms with Crippen LogP contribution in [-0.4, -0.2) is 20.3 Å². The highest BCUT2D eigenvalue weighted by atomic mass is 19.2. The summed E-state index contributed by atoms with van der Waals surface area (Å²) in [4.78, 5) is 12.1. The Labute approximate surface area is 138 Å². The number of benzene rings is 2. The minimum atomic E-state index is -0.960. The van der Waals surface area contributed by atoms with Crippen molar-refractivity contribution in [2.75, 3.05) is 19.5 Å². The average Bonchev–Trinajstić information content (AvgIpc) is 2.57. The zero-order valence-electron chi connectivity index (χ0n) is 13.5. The monoisotopic (exact) mass is 336 g/mol. The first-order valence-electron chi connectivity index (χ1n) is 7.19. The number of halogens is 2. The zero-order valence-corrected chi connectivity index (χ0v) is 13.5. The number of urea groups is 1. The van der Waals surface area contributed by atoms with Crippen molar-refractivity contribution in [2.45, 2.75) is 13.0 Å². The van der Waals surface area contributed by atoms with E-state index in [4.69, 9.17) is 9.47 Å². The SMILES string of the molecule is COc1ccc(NC(=O)N[C@@H](C)c2ccc(F)c(F)c2)c(OC)c1. The number of nitrogens with one attached hydrogen (secondary N) is 2. The van der Waals surface area contributed by atoms with Gasteiger partial charge in [-0.25, -0.2) is 13.6 Å². The average molecular weight is 336 g/mol. The number of hydrogen-bond acceptors (Lipinski definition) is 3. The minimum Gasteiger partial charge on any atom is -0.497 e. The van der Waals surface area contributed by atoms with Gasteiger partial charge in [0.25, 0.3) is 0 Å². The molecule has 2 N–H and O–H groups in total. The Hall–Kier alpha value is -2.83. The van der Waals surface area contributed by atoms with Crippen LogP contribution in [0.15, 0.2) is 36.4 Å². The van der Waals surface area contributed by atoms with Gasteiger partial charge in [0.15, 0.2) is 11.6 Å². The van der Waals surface area contributed by atoms with E-state index >= 15 is 0 Å². The normalized spacial score (nSPS) is 11.5. The highest BCUT2D eigenvalue weighted by molar-refractivity contribution is 5.91. The van der Waals surface area contributed by atoms with E-state index in [9.17, 15) is 13.6 Å². The van der Waals surface area contributed by atoms with Crippen molar-refractivity contribution in [3.63, 3.8) is 0 Å². The van der Waals surface area contributed by atoms with E-state index in [0.29, 0.717) is 22.7 Å². The largest absolute Gasteiger partial charge is 0.497 e. The second-order valence-corrected chi connectivity index (χ2v) is 5.06. The molecule has 2 rings (SSSR count). The first-order valence-corrected chi connectivity index (χ1v) is 7.19. The molecule has 0 aliphatic carbocycles. The third-order valence-corrected chi connectivity index (χ3v) is 3.45. The molecule has 0 aliphatic rings. The van der Waals surface area contributed by atoms with Crippen LogP contribution >= 0.6 is 0 Å². The van der Waals surface area contributed by atoms with E-state index in [0.717, 1.165) is 12.1 Å². The van der Waals surface area contributed by atoms with Crippen LogP contribution in [0.2, 0.25) is 0 Å². The fraction of sp³-hybridized carbons (Fsp3) is 0.235. The molecule has 0 spiro atoms. The Bertz CT molecular complexity index is 738. The molecule has 0 saturated heterocycles. The van der Waals surface area contributed by atoms with Crippen molar-refractivity contribution in [1.29, 1.82) is 0 Å². The van der Waals surface area contributed by atoms with Crippen LogP contribution < -0.4 is 20.1 Å². The lowest BCUT2D eigenvalue weighted by molar-refractivity contribution is 0.249. The van der Waals surface area contributed by atoms with Gasteiger partial charge in [-0.3, -0.25) is 0 Å². The summed E-state index contributed by atoms with van der Waals surface area (Å²) in [6.45, 7) is 1.66. The van der Waals surface area contributed by atoms with Crippen LogP contribution in [0.3, 0.4) is 0 Å². The van der Waals surface area contributed by atoms with Gasteiger partial charge in [-0.1, -0.05) is 6.07 Å². The summed E-state index contributed by atoms with van der Waals surface area (Å²) >= 11 is 0. The fourth-order valence-corrected chi connectivity index (χ4v) is 2.12. The Balaban J connectivity index is 2.06. The summed E-state index contributed by atoms with van der Waals surface area (Å²) in [5, 5.41) is 5.29. The first kappa shape index (κ1) is 17.5. The summed E-state index contributed by atoms with van der Waals surface area (Å²) in [5.41, 5.74) is 0.902. The number of rotatable bonds is 5. The van der Waals surface area contributed by atoms with E-state index in [1.165, 1.54) is 20.3 Å². The number of methoxy groups -OCH3 is 2. The summed E-state index contributed by atoms with van der Waals surface area (Å²) < 4.78 is 36.5. The lowest BCUT2D eigenvalue weighted by Crippen LogP contribution is -2.31. The van der Waals surface area contributed by atoms with Crippen LogP contribution in [0.25, 0.3) is 0 Å². The van der Waals surface area contributed by atoms with Gasteiger partial charge in [0.2, 0.25) is 0 Å². The molecule has 0 fully saturated rings. The van der Waals surface area contributed by atoms with E-state index < -0.39 is 23.7 Å². The van der Waals surface area contributed by atoms with Gasteiger partial charge in [0.05, 0.1) is 25.9 Å². The van der Waals surface area contributed by atoms with Crippen molar-refractivity contribution in [3.8, 4) is 11.5 Å². The van der Waals surface area contributed by atoms with Gasteiger partial charge < -0.3 is 20.1 Å². The van der Waals surface area contributed by atoms with Gasteiger partial charge in [0.1, 0.15) is 11.5 Å². The summed E-state index contributed by atoms with van der Waals surface area (Å²) in [6.07, 6.45) is 0. The highest BCUT2D eigenvalue weighted by Crippen LogP contribution is 2.29. The molecule has 2 aromatic rings. The molecule has 24 heavy (non-hydrogen) atoms. The topological polar surface area (TPSA) is 59.6 Å². The van der Waals surface area contributed by atoms with Crippen molar-refractivity contribution in [1.82, 2.24) is 5.32 Å². The van der Waals surface area contributed by atoms with Crippen molar-refractivity contribution < 1.29 is 23.0 Å². The van der Waals surface area contributed by atoms with Crippen LogP contribution in [0.5, 0.6) is 11.5 Å². The van der Waals surface area contributed by atoms with Crippen LogP contribution in [-0.2, 0) is 0 Å². The minimum absolute atomic E-state index is 0.435. The fourth-order valence-electron chi connectivity index (χ4n) is 2.12. The third kappa shape index (κ3) is 4.13. The maximum absolute atomic E-state index is 13.3. The van der Waals surface area contributed by atoms with Gasteiger partial charge in [-0.05, 0) is 36.8 Å². The van der Waals surface area contributed by atoms with E-state index in [2.05, 4.69) is 10.6 Å². The van der Waals surface area contributed by atoms with Crippen LogP contribution in [0.4, 0.5) is 19.3 Å². The number of amides is 2. The predicted molar refractivity (Wildman–Crippen MR) is 86.5 cm³/mol. The van der Waals surface area contributed by atoms with Crippen molar-refractivity contribution in [2.24, 2.45) is 0 Å². The maximum Gasteiger partial charge on any atom is 0.319 e. The Kier molecular flexibility index (Phi) is 5.57. The third-order valence-electron chi connectivity index (χ3n) is 3.45. The molecule has 2 aromatic carbocycles. The molecular weight excluding hydrogens is 318 g/mol. The Morgan fingerprint density at radius 3 is 2.42 bits per heavy atom. The molecule has 128 valence electrons. The molecule has 0 saturated carbocycles. The number of carbonyl (C=O) groups excluding carboxylic acids is 1. The Morgan fingerprint density at radius 1 is 1.04 bits per heavy atom. The molecule has 0 radical (unpaired) electrons. The van der Waals surface area contributed by atoms with Crippen molar-refractivity contribution in [3.05, 3.63) is 53.6 Å². The Morgan fingerprint density at radius 2 is 1.79 bits per heavy atom. The molecular formula is C17H18F2N2O3. The number of carbonyl (C=O) groups is 1. The van der Waals surface area contributed by atoms with Crippen LogP contribution in [0.1, 0.15) is 18.5 Å². The smallest absolute Gasteiger partial charge is 0.319 e. The van der Waals surface area contributed by atoms with Crippen molar-refractivity contribution >= 4 is 11.7 Å². The molecule has 0 unspecified atom stereocenters. The maximum atomic E-state index is 13.3. The molecule has 0 aliphatic heterocycles. The van der Waals surface area contributed by atoms with Gasteiger partial charge in [0, 0.05) is 6.07 Å². The predicted octanol–water partition coefficient (Wildman–Crippen LogP) is 3.86.